The van der Waals surface area contributed by atoms with Gasteiger partial charge in [-0.3, -0.25) is 9.59 Å². The van der Waals surface area contributed by atoms with Crippen LogP contribution in [0.1, 0.15) is 12.5 Å². The molecule has 2 aromatic carbocycles. The first kappa shape index (κ1) is 22.3. The Morgan fingerprint density at radius 3 is 2.52 bits per heavy atom. The first-order chi connectivity index (χ1) is 14.8. The number of nitrogens with zero attached hydrogens (tertiary/aromatic N) is 2. The van der Waals surface area contributed by atoms with Crippen molar-refractivity contribution in [3.05, 3.63) is 72.5 Å². The number of hydrogen-bond donors (Lipinski definition) is 1. The minimum atomic E-state index is -4.18. The van der Waals surface area contributed by atoms with E-state index in [4.69, 9.17) is 4.74 Å². The molecule has 1 atom stereocenters. The van der Waals surface area contributed by atoms with E-state index >= 15 is 0 Å². The Labute approximate surface area is 180 Å². The number of carboxylic acid groups (broad SMARTS) is 1. The Hall–Kier alpha value is -3.39. The van der Waals surface area contributed by atoms with Crippen molar-refractivity contribution in [2.24, 2.45) is 0 Å². The van der Waals surface area contributed by atoms with Crippen molar-refractivity contribution in [3.8, 4) is 5.75 Å². The molecule has 1 heterocycles. The van der Waals surface area contributed by atoms with Crippen molar-refractivity contribution >= 4 is 27.6 Å². The molecule has 162 valence electrons. The molecule has 0 radical (unpaired) electrons. The van der Waals surface area contributed by atoms with Gasteiger partial charge in [-0.25, -0.2) is 8.42 Å². The van der Waals surface area contributed by atoms with Crippen LogP contribution in [0.2, 0.25) is 0 Å². The molecule has 1 unspecified atom stereocenters. The summed E-state index contributed by atoms with van der Waals surface area (Å²) in [7, 11) is -4.18. The molecule has 1 aliphatic rings. The number of ether oxygens (including phenoxy) is 1. The minimum Gasteiger partial charge on any atom is -0.489 e. The molecular weight excluding hydrogens is 420 g/mol. The van der Waals surface area contributed by atoms with Crippen LogP contribution in [0.5, 0.6) is 5.75 Å². The van der Waals surface area contributed by atoms with Crippen molar-refractivity contribution < 1.29 is 27.9 Å². The van der Waals surface area contributed by atoms with Crippen LogP contribution < -0.4 is 9.64 Å². The molecule has 0 spiro atoms. The number of aliphatic carboxylic acids is 1. The maximum atomic E-state index is 13.4. The summed E-state index contributed by atoms with van der Waals surface area (Å²) in [6, 6.07) is 11.1. The number of sulfonamides is 1. The molecule has 2 aromatic rings. The molecule has 0 saturated carbocycles. The van der Waals surface area contributed by atoms with E-state index in [0.29, 0.717) is 17.0 Å². The molecule has 31 heavy (non-hydrogen) atoms. The predicted molar refractivity (Wildman–Crippen MR) is 114 cm³/mol. The SMILES string of the molecule is C=C=CCOc1ccc(S(=O)(=O)N2Cc3ccccc3N(C(C)=O)CC2C(=O)O)cc1. The summed E-state index contributed by atoms with van der Waals surface area (Å²) >= 11 is 0. The van der Waals surface area contributed by atoms with Crippen LogP contribution in [0.3, 0.4) is 0 Å². The van der Waals surface area contributed by atoms with Crippen molar-refractivity contribution in [1.82, 2.24) is 4.31 Å². The van der Waals surface area contributed by atoms with Gasteiger partial charge in [-0.05, 0) is 42.0 Å². The minimum absolute atomic E-state index is 0.0703. The van der Waals surface area contributed by atoms with Crippen molar-refractivity contribution in [2.45, 2.75) is 24.4 Å². The van der Waals surface area contributed by atoms with E-state index in [9.17, 15) is 23.1 Å². The highest BCUT2D eigenvalue weighted by atomic mass is 32.2. The zero-order chi connectivity index (χ0) is 22.6. The molecule has 3 rings (SSSR count). The fourth-order valence-corrected chi connectivity index (χ4v) is 4.89. The van der Waals surface area contributed by atoms with Gasteiger partial charge < -0.3 is 14.7 Å². The Bertz CT molecular complexity index is 1140. The molecule has 1 amide bonds. The number of hydrogen-bond acceptors (Lipinski definition) is 5. The lowest BCUT2D eigenvalue weighted by molar-refractivity contribution is -0.141. The number of fused-ring (bicyclic) bond motifs is 1. The Kier molecular flexibility index (Phi) is 6.60. The van der Waals surface area contributed by atoms with E-state index in [-0.39, 0.29) is 30.5 Å². The number of carboxylic acids is 1. The van der Waals surface area contributed by atoms with E-state index in [1.54, 1.807) is 30.3 Å². The lowest BCUT2D eigenvalue weighted by Crippen LogP contribution is -2.49. The molecule has 0 aliphatic carbocycles. The van der Waals surface area contributed by atoms with E-state index in [0.717, 1.165) is 4.31 Å². The molecule has 9 heteroatoms. The largest absolute Gasteiger partial charge is 0.489 e. The van der Waals surface area contributed by atoms with Gasteiger partial charge in [0, 0.05) is 19.2 Å². The second kappa shape index (κ2) is 9.18. The Morgan fingerprint density at radius 2 is 1.90 bits per heavy atom. The summed E-state index contributed by atoms with van der Waals surface area (Å²) in [6.45, 7) is 4.51. The topological polar surface area (TPSA) is 104 Å². The van der Waals surface area contributed by atoms with Crippen LogP contribution in [0, 0.1) is 0 Å². The molecule has 1 N–H and O–H groups in total. The zero-order valence-electron chi connectivity index (χ0n) is 16.9. The summed E-state index contributed by atoms with van der Waals surface area (Å²) in [5, 5.41) is 9.81. The van der Waals surface area contributed by atoms with Crippen LogP contribution in [0.15, 0.2) is 71.8 Å². The molecule has 8 nitrogen and oxygen atoms in total. The van der Waals surface area contributed by atoms with Crippen LogP contribution in [-0.2, 0) is 26.2 Å². The highest BCUT2D eigenvalue weighted by molar-refractivity contribution is 7.89. The summed E-state index contributed by atoms with van der Waals surface area (Å²) in [4.78, 5) is 25.5. The molecule has 0 aromatic heterocycles. The highest BCUT2D eigenvalue weighted by Gasteiger charge is 2.41. The smallest absolute Gasteiger partial charge is 0.323 e. The Balaban J connectivity index is 2.01. The zero-order valence-corrected chi connectivity index (χ0v) is 17.7. The van der Waals surface area contributed by atoms with Gasteiger partial charge in [0.25, 0.3) is 0 Å². The number of carbonyl (C=O) groups is 2. The average molecular weight is 442 g/mol. The molecular formula is C22H22N2O6S. The first-order valence-electron chi connectivity index (χ1n) is 9.43. The van der Waals surface area contributed by atoms with Crippen molar-refractivity contribution in [1.29, 1.82) is 0 Å². The third kappa shape index (κ3) is 4.69. The quantitative estimate of drug-likeness (QED) is 0.689. The van der Waals surface area contributed by atoms with Gasteiger partial charge in [-0.2, -0.15) is 4.31 Å². The van der Waals surface area contributed by atoms with Gasteiger partial charge in [-0.15, -0.1) is 5.73 Å². The Morgan fingerprint density at radius 1 is 1.23 bits per heavy atom. The van der Waals surface area contributed by atoms with E-state index < -0.39 is 22.0 Å². The predicted octanol–water partition coefficient (Wildman–Crippen LogP) is 2.42. The summed E-state index contributed by atoms with van der Waals surface area (Å²) in [5.74, 6) is -1.25. The molecule has 0 fully saturated rings. The number of amides is 1. The first-order valence-corrected chi connectivity index (χ1v) is 10.9. The third-order valence-corrected chi connectivity index (χ3v) is 6.75. The standard InChI is InChI=1S/C22H22N2O6S/c1-3-4-13-30-18-9-11-19(12-10-18)31(28,29)24-14-17-7-5-6-8-20(17)23(16(2)25)15-21(24)22(26)27/h4-12,21H,1,13-15H2,2H3,(H,26,27). The number of benzene rings is 2. The fraction of sp³-hybridized carbons (Fsp3) is 0.227. The second-order valence-corrected chi connectivity index (χ2v) is 8.74. The summed E-state index contributed by atoms with van der Waals surface area (Å²) < 4.78 is 33.2. The van der Waals surface area contributed by atoms with Crippen LogP contribution in [-0.4, -0.2) is 48.9 Å². The monoisotopic (exact) mass is 442 g/mol. The van der Waals surface area contributed by atoms with E-state index in [1.165, 1.54) is 36.1 Å². The summed E-state index contributed by atoms with van der Waals surface area (Å²) in [6.07, 6.45) is 1.58. The third-order valence-electron chi connectivity index (χ3n) is 4.88. The molecule has 0 bridgehead atoms. The van der Waals surface area contributed by atoms with Gasteiger partial charge in [0.1, 0.15) is 18.4 Å². The highest BCUT2D eigenvalue weighted by Crippen LogP contribution is 2.31. The van der Waals surface area contributed by atoms with Gasteiger partial charge in [0.2, 0.25) is 15.9 Å². The fourth-order valence-electron chi connectivity index (χ4n) is 3.34. The second-order valence-electron chi connectivity index (χ2n) is 6.85. The number of para-hydroxylation sites is 1. The molecule has 1 aliphatic heterocycles. The van der Waals surface area contributed by atoms with Gasteiger partial charge in [0.15, 0.2) is 0 Å². The molecule has 0 saturated heterocycles. The number of carbonyl (C=O) groups excluding carboxylic acids is 1. The number of rotatable bonds is 6. The lowest BCUT2D eigenvalue weighted by atomic mass is 10.1. The van der Waals surface area contributed by atoms with Crippen LogP contribution in [0.4, 0.5) is 5.69 Å². The maximum absolute atomic E-state index is 13.4. The average Bonchev–Trinajstić information content (AvgIpc) is 2.92. The van der Waals surface area contributed by atoms with Gasteiger partial charge >= 0.3 is 5.97 Å². The van der Waals surface area contributed by atoms with Gasteiger partial charge in [-0.1, -0.05) is 24.8 Å². The van der Waals surface area contributed by atoms with Crippen LogP contribution in [0.25, 0.3) is 0 Å². The van der Waals surface area contributed by atoms with Crippen LogP contribution >= 0.6 is 0 Å². The number of anilines is 1. The lowest BCUT2D eigenvalue weighted by Gasteiger charge is -2.28. The van der Waals surface area contributed by atoms with E-state index in [2.05, 4.69) is 12.3 Å². The normalized spacial score (nSPS) is 16.5. The van der Waals surface area contributed by atoms with Gasteiger partial charge in [0.05, 0.1) is 11.4 Å². The van der Waals surface area contributed by atoms with Crippen molar-refractivity contribution in [2.75, 3.05) is 18.1 Å². The van der Waals surface area contributed by atoms with E-state index in [1.807, 2.05) is 0 Å². The maximum Gasteiger partial charge on any atom is 0.323 e. The van der Waals surface area contributed by atoms with Crippen molar-refractivity contribution in [3.63, 3.8) is 0 Å². The summed E-state index contributed by atoms with van der Waals surface area (Å²) in [5.41, 5.74) is 3.61.